The second-order valence-corrected chi connectivity index (χ2v) is 8.15. The molecule has 1 aromatic heterocycles. The lowest BCUT2D eigenvalue weighted by atomic mass is 10.0. The summed E-state index contributed by atoms with van der Waals surface area (Å²) in [5.74, 6) is 1.14. The molecule has 4 nitrogen and oxygen atoms in total. The third kappa shape index (κ3) is 3.97. The van der Waals surface area contributed by atoms with Crippen LogP contribution in [0.4, 0.5) is 5.69 Å². The monoisotopic (exact) mass is 376 g/mol. The first-order chi connectivity index (χ1) is 13.5. The highest BCUT2D eigenvalue weighted by atomic mass is 16.3. The lowest BCUT2D eigenvalue weighted by molar-refractivity contribution is 0.407. The van der Waals surface area contributed by atoms with Gasteiger partial charge >= 0.3 is 0 Å². The first-order valence-corrected chi connectivity index (χ1v) is 10.1. The number of allylic oxidation sites excluding steroid dienone is 6. The molecule has 2 aliphatic rings. The van der Waals surface area contributed by atoms with Crippen molar-refractivity contribution in [3.05, 3.63) is 70.6 Å². The number of rotatable bonds is 2. The van der Waals surface area contributed by atoms with Crippen LogP contribution in [-0.4, -0.2) is 25.2 Å². The van der Waals surface area contributed by atoms with Crippen molar-refractivity contribution in [1.29, 1.82) is 0 Å². The molecule has 3 atom stereocenters. The van der Waals surface area contributed by atoms with Gasteiger partial charge in [-0.2, -0.15) is 0 Å². The third-order valence-electron chi connectivity index (χ3n) is 5.44. The highest BCUT2D eigenvalue weighted by Gasteiger charge is 2.21. The number of fused-ring (bicyclic) bond motifs is 1. The summed E-state index contributed by atoms with van der Waals surface area (Å²) in [4.78, 5) is 15.2. The second-order valence-electron chi connectivity index (χ2n) is 8.15. The Labute approximate surface area is 166 Å². The van der Waals surface area contributed by atoms with Crippen LogP contribution in [0.3, 0.4) is 0 Å². The van der Waals surface area contributed by atoms with Crippen molar-refractivity contribution in [2.24, 2.45) is 5.92 Å². The Bertz CT molecular complexity index is 1000. The molecule has 2 aromatic rings. The van der Waals surface area contributed by atoms with Crippen LogP contribution in [0.15, 0.2) is 63.9 Å². The topological polar surface area (TPSA) is 45.5 Å². The Balaban J connectivity index is 1.70. The molecule has 1 fully saturated rings. The lowest BCUT2D eigenvalue weighted by Gasteiger charge is -2.37. The molecule has 0 amide bonds. The second kappa shape index (κ2) is 7.80. The highest BCUT2D eigenvalue weighted by molar-refractivity contribution is 5.83. The van der Waals surface area contributed by atoms with Crippen molar-refractivity contribution in [3.63, 3.8) is 0 Å². The molecule has 28 heavy (non-hydrogen) atoms. The van der Waals surface area contributed by atoms with Gasteiger partial charge in [0.15, 0.2) is 5.43 Å². The SMILES string of the molecule is CC1C=CC=C(c2cc(=O)c3cc(N4CC(C)NC(C)C4)ccc3o2)C=CC1. The van der Waals surface area contributed by atoms with E-state index in [0.717, 1.165) is 30.8 Å². The normalized spacial score (nSPS) is 25.5. The van der Waals surface area contributed by atoms with E-state index in [-0.39, 0.29) is 5.43 Å². The summed E-state index contributed by atoms with van der Waals surface area (Å²) in [5.41, 5.74) is 2.64. The van der Waals surface area contributed by atoms with Gasteiger partial charge in [0.25, 0.3) is 0 Å². The van der Waals surface area contributed by atoms with Gasteiger partial charge in [-0.15, -0.1) is 0 Å². The maximum absolute atomic E-state index is 12.9. The first-order valence-electron chi connectivity index (χ1n) is 10.1. The number of nitrogens with zero attached hydrogens (tertiary/aromatic N) is 1. The van der Waals surface area contributed by atoms with Crippen molar-refractivity contribution in [3.8, 4) is 0 Å². The zero-order chi connectivity index (χ0) is 19.7. The molecular weight excluding hydrogens is 348 g/mol. The highest BCUT2D eigenvalue weighted by Crippen LogP contribution is 2.26. The molecule has 1 aromatic carbocycles. The summed E-state index contributed by atoms with van der Waals surface area (Å²) >= 11 is 0. The fraction of sp³-hybridized carbons (Fsp3) is 0.375. The predicted molar refractivity (Wildman–Crippen MR) is 117 cm³/mol. The van der Waals surface area contributed by atoms with Gasteiger partial charge in [-0.05, 0) is 44.4 Å². The molecule has 4 rings (SSSR count). The van der Waals surface area contributed by atoms with E-state index in [0.29, 0.717) is 34.7 Å². The van der Waals surface area contributed by atoms with Gasteiger partial charge in [-0.25, -0.2) is 0 Å². The smallest absolute Gasteiger partial charge is 0.193 e. The van der Waals surface area contributed by atoms with E-state index in [1.807, 2.05) is 30.4 Å². The number of piperazine rings is 1. The van der Waals surface area contributed by atoms with E-state index in [4.69, 9.17) is 4.42 Å². The minimum absolute atomic E-state index is 0.00281. The standard InChI is InChI=1S/C24H28N2O2/c1-16-6-4-8-19(9-5-7-16)24-13-22(27)21-12-20(10-11-23(21)28-24)26-14-17(2)25-18(3)15-26/h4-6,8-13,16-18,25H,7,14-15H2,1-3H3. The van der Waals surface area contributed by atoms with Crippen LogP contribution >= 0.6 is 0 Å². The van der Waals surface area contributed by atoms with Crippen molar-refractivity contribution in [2.75, 3.05) is 18.0 Å². The summed E-state index contributed by atoms with van der Waals surface area (Å²) < 4.78 is 6.11. The molecule has 3 unspecified atom stereocenters. The van der Waals surface area contributed by atoms with E-state index in [1.165, 1.54) is 0 Å². The van der Waals surface area contributed by atoms with Crippen molar-refractivity contribution >= 4 is 22.2 Å². The van der Waals surface area contributed by atoms with Gasteiger partial charge in [0.2, 0.25) is 0 Å². The van der Waals surface area contributed by atoms with Crippen molar-refractivity contribution in [1.82, 2.24) is 5.32 Å². The van der Waals surface area contributed by atoms with Gasteiger partial charge in [-0.1, -0.05) is 37.3 Å². The first kappa shape index (κ1) is 18.8. The van der Waals surface area contributed by atoms with E-state index in [2.05, 4.69) is 49.2 Å². The fourth-order valence-corrected chi connectivity index (χ4v) is 4.08. The van der Waals surface area contributed by atoms with Gasteiger partial charge in [0.1, 0.15) is 11.3 Å². The van der Waals surface area contributed by atoms with Crippen LogP contribution in [0.2, 0.25) is 0 Å². The molecule has 0 bridgehead atoms. The van der Waals surface area contributed by atoms with Gasteiger partial charge in [0, 0.05) is 42.5 Å². The Kier molecular flexibility index (Phi) is 5.23. The number of anilines is 1. The zero-order valence-corrected chi connectivity index (χ0v) is 16.8. The lowest BCUT2D eigenvalue weighted by Crippen LogP contribution is -2.54. The maximum atomic E-state index is 12.9. The minimum Gasteiger partial charge on any atom is -0.456 e. The van der Waals surface area contributed by atoms with E-state index in [1.54, 1.807) is 6.07 Å². The summed E-state index contributed by atoms with van der Waals surface area (Å²) in [6.45, 7) is 8.43. The molecule has 4 heteroatoms. The maximum Gasteiger partial charge on any atom is 0.193 e. The molecular formula is C24H28N2O2. The minimum atomic E-state index is 0.00281. The average Bonchev–Trinajstić information content (AvgIpc) is 2.63. The fourth-order valence-electron chi connectivity index (χ4n) is 4.08. The number of hydrogen-bond acceptors (Lipinski definition) is 4. The molecule has 2 heterocycles. The molecule has 1 saturated heterocycles. The predicted octanol–water partition coefficient (Wildman–Crippen LogP) is 4.52. The van der Waals surface area contributed by atoms with E-state index in [9.17, 15) is 4.79 Å². The Morgan fingerprint density at radius 3 is 2.68 bits per heavy atom. The molecule has 0 spiro atoms. The average molecular weight is 377 g/mol. The number of hydrogen-bond donors (Lipinski definition) is 1. The van der Waals surface area contributed by atoms with Crippen LogP contribution in [0.5, 0.6) is 0 Å². The van der Waals surface area contributed by atoms with Gasteiger partial charge < -0.3 is 14.6 Å². The van der Waals surface area contributed by atoms with Crippen molar-refractivity contribution in [2.45, 2.75) is 39.3 Å². The van der Waals surface area contributed by atoms with Crippen LogP contribution in [0.25, 0.3) is 16.5 Å². The van der Waals surface area contributed by atoms with Gasteiger partial charge in [0.05, 0.1) is 5.39 Å². The van der Waals surface area contributed by atoms with Crippen LogP contribution in [0, 0.1) is 5.92 Å². The van der Waals surface area contributed by atoms with E-state index >= 15 is 0 Å². The zero-order valence-electron chi connectivity index (χ0n) is 16.8. The number of nitrogens with one attached hydrogen (secondary N) is 1. The molecule has 146 valence electrons. The summed E-state index contributed by atoms with van der Waals surface area (Å²) in [6.07, 6.45) is 11.4. The van der Waals surface area contributed by atoms with Crippen molar-refractivity contribution < 1.29 is 4.42 Å². The largest absolute Gasteiger partial charge is 0.456 e. The molecule has 0 radical (unpaired) electrons. The summed E-state index contributed by atoms with van der Waals surface area (Å²) in [5, 5.41) is 4.18. The molecule has 1 aliphatic heterocycles. The summed E-state index contributed by atoms with van der Waals surface area (Å²) in [6, 6.07) is 8.42. The van der Waals surface area contributed by atoms with Crippen LogP contribution in [0.1, 0.15) is 33.0 Å². The van der Waals surface area contributed by atoms with Crippen LogP contribution < -0.4 is 15.6 Å². The number of benzene rings is 1. The third-order valence-corrected chi connectivity index (χ3v) is 5.44. The molecule has 0 saturated carbocycles. The summed E-state index contributed by atoms with van der Waals surface area (Å²) in [7, 11) is 0. The Morgan fingerprint density at radius 2 is 1.89 bits per heavy atom. The quantitative estimate of drug-likeness (QED) is 0.837. The molecule has 1 aliphatic carbocycles. The van der Waals surface area contributed by atoms with Gasteiger partial charge in [-0.3, -0.25) is 4.79 Å². The molecule has 1 N–H and O–H groups in total. The Morgan fingerprint density at radius 1 is 1.11 bits per heavy atom. The van der Waals surface area contributed by atoms with Crippen LogP contribution in [-0.2, 0) is 0 Å². The Hall–Kier alpha value is -2.59. The van der Waals surface area contributed by atoms with E-state index < -0.39 is 0 Å².